The van der Waals surface area contributed by atoms with Crippen molar-refractivity contribution in [3.63, 3.8) is 0 Å². The highest BCUT2D eigenvalue weighted by Gasteiger charge is 2.14. The van der Waals surface area contributed by atoms with Crippen LogP contribution >= 0.6 is 27.5 Å². The van der Waals surface area contributed by atoms with Crippen molar-refractivity contribution >= 4 is 44.9 Å². The average molecular weight is 422 g/mol. The number of nitrogens with one attached hydrogen (secondary N) is 2. The Balaban J connectivity index is 0.00000182. The van der Waals surface area contributed by atoms with E-state index < -0.39 is 0 Å². The van der Waals surface area contributed by atoms with E-state index in [1.165, 1.54) is 0 Å². The molecule has 0 bridgehead atoms. The fraction of sp³-hybridized carbons (Fsp3) is 0.0556. The van der Waals surface area contributed by atoms with Gasteiger partial charge in [-0.05, 0) is 64.0 Å². The fourth-order valence-electron chi connectivity index (χ4n) is 2.17. The van der Waals surface area contributed by atoms with Crippen LogP contribution in [0.4, 0.5) is 11.5 Å². The van der Waals surface area contributed by atoms with E-state index in [1.54, 1.807) is 48.9 Å². The minimum atomic E-state index is -0.256. The molecule has 0 aliphatic rings. The smallest absolute Gasteiger partial charge is 0.259 e. The molecule has 3 aromatic rings. The van der Waals surface area contributed by atoms with Crippen molar-refractivity contribution < 1.29 is 7.65 Å². The van der Waals surface area contributed by atoms with E-state index >= 15 is 0 Å². The number of carbonyl (C=O) groups excluding carboxylic acids is 1. The zero-order chi connectivity index (χ0) is 17.6. The summed E-state index contributed by atoms with van der Waals surface area (Å²) in [4.78, 5) is 20.9. The van der Waals surface area contributed by atoms with Gasteiger partial charge in [-0.15, -0.1) is 0 Å². The van der Waals surface area contributed by atoms with Gasteiger partial charge in [0.25, 0.3) is 5.91 Å². The topological polar surface area (TPSA) is 66.9 Å². The third-order valence-electron chi connectivity index (χ3n) is 3.41. The lowest BCUT2D eigenvalue weighted by Gasteiger charge is -2.12. The summed E-state index contributed by atoms with van der Waals surface area (Å²) < 4.78 is 0.725. The van der Waals surface area contributed by atoms with Gasteiger partial charge in [-0.2, -0.15) is 0 Å². The first kappa shape index (κ1) is 17.4. The Hall–Kier alpha value is -2.44. The van der Waals surface area contributed by atoms with Crippen molar-refractivity contribution in [3.05, 3.63) is 81.7 Å². The van der Waals surface area contributed by atoms with Crippen LogP contribution in [0, 0.1) is 0 Å². The number of rotatable bonds is 5. The molecule has 130 valence electrons. The minimum absolute atomic E-state index is 0. The molecule has 1 amide bonds. The van der Waals surface area contributed by atoms with Crippen molar-refractivity contribution in [3.8, 4) is 0 Å². The van der Waals surface area contributed by atoms with E-state index in [-0.39, 0.29) is 8.76 Å². The molecule has 2 N–H and O–H groups in total. The largest absolute Gasteiger partial charge is 0.365 e. The van der Waals surface area contributed by atoms with Crippen molar-refractivity contribution in [2.75, 3.05) is 10.6 Å². The first-order valence-corrected chi connectivity index (χ1v) is 8.64. The molecule has 25 heavy (non-hydrogen) atoms. The first-order chi connectivity index (χ1) is 12.1. The van der Waals surface area contributed by atoms with Crippen molar-refractivity contribution in [1.82, 2.24) is 9.97 Å². The Labute approximate surface area is 161 Å². The molecule has 0 fully saturated rings. The van der Waals surface area contributed by atoms with Crippen LogP contribution in [-0.2, 0) is 6.54 Å². The summed E-state index contributed by atoms with van der Waals surface area (Å²) in [6.45, 7) is 0.540. The molecular formula is C18H18BrClN4O. The van der Waals surface area contributed by atoms with E-state index in [0.29, 0.717) is 28.6 Å². The molecule has 5 nitrogen and oxygen atoms in total. The summed E-state index contributed by atoms with van der Waals surface area (Å²) in [6.07, 6.45) is 5.09. The van der Waals surface area contributed by atoms with E-state index in [9.17, 15) is 4.79 Å². The van der Waals surface area contributed by atoms with Crippen LogP contribution in [0.5, 0.6) is 0 Å². The Kier molecular flexibility index (Phi) is 5.63. The van der Waals surface area contributed by atoms with Gasteiger partial charge in [0.15, 0.2) is 0 Å². The van der Waals surface area contributed by atoms with Gasteiger partial charge in [0.1, 0.15) is 5.82 Å². The third-order valence-corrected chi connectivity index (χ3v) is 4.10. The standard InChI is InChI=1S/C18H14BrClN4O.2H2/c19-13-9-16(18(25)24-15-3-1-14(20)2-4-15)17(23-11-13)22-10-12-5-7-21-8-6-12;;/h1-9,11H,10H2,(H,22,23)(H,24,25);2*1H. The molecule has 0 unspecified atom stereocenters. The summed E-state index contributed by atoms with van der Waals surface area (Å²) in [5.41, 5.74) is 2.15. The highest BCUT2D eigenvalue weighted by Crippen LogP contribution is 2.21. The van der Waals surface area contributed by atoms with Gasteiger partial charge in [-0.1, -0.05) is 11.6 Å². The van der Waals surface area contributed by atoms with Crippen LogP contribution in [0.1, 0.15) is 18.8 Å². The predicted molar refractivity (Wildman–Crippen MR) is 107 cm³/mol. The maximum absolute atomic E-state index is 12.6. The predicted octanol–water partition coefficient (Wildman–Crippen LogP) is 5.25. The van der Waals surface area contributed by atoms with Crippen LogP contribution in [0.2, 0.25) is 5.02 Å². The number of benzene rings is 1. The lowest BCUT2D eigenvalue weighted by atomic mass is 10.2. The fourth-order valence-corrected chi connectivity index (χ4v) is 2.63. The number of hydrogen-bond acceptors (Lipinski definition) is 4. The van der Waals surface area contributed by atoms with Crippen LogP contribution in [0.25, 0.3) is 0 Å². The van der Waals surface area contributed by atoms with Crippen LogP contribution in [-0.4, -0.2) is 15.9 Å². The van der Waals surface area contributed by atoms with E-state index in [1.807, 2.05) is 12.1 Å². The van der Waals surface area contributed by atoms with Gasteiger partial charge in [-0.25, -0.2) is 4.98 Å². The van der Waals surface area contributed by atoms with Crippen molar-refractivity contribution in [2.45, 2.75) is 6.54 Å². The van der Waals surface area contributed by atoms with Crippen LogP contribution < -0.4 is 10.6 Å². The summed E-state index contributed by atoms with van der Waals surface area (Å²) in [5.74, 6) is 0.250. The Morgan fingerprint density at radius 1 is 1.16 bits per heavy atom. The zero-order valence-corrected chi connectivity index (χ0v) is 15.4. The molecule has 0 saturated carbocycles. The van der Waals surface area contributed by atoms with Gasteiger partial charge >= 0.3 is 0 Å². The molecule has 1 aromatic carbocycles. The summed E-state index contributed by atoms with van der Waals surface area (Å²) in [5, 5.41) is 6.65. The second-order valence-electron chi connectivity index (χ2n) is 5.22. The number of aromatic nitrogens is 2. The van der Waals surface area contributed by atoms with Gasteiger partial charge in [-0.3, -0.25) is 9.78 Å². The van der Waals surface area contributed by atoms with Crippen LogP contribution in [0.3, 0.4) is 0 Å². The molecule has 7 heteroatoms. The molecule has 3 rings (SSSR count). The normalized spacial score (nSPS) is 10.3. The Morgan fingerprint density at radius 3 is 2.60 bits per heavy atom. The molecular weight excluding hydrogens is 404 g/mol. The van der Waals surface area contributed by atoms with E-state index in [4.69, 9.17) is 11.6 Å². The number of pyridine rings is 2. The Morgan fingerprint density at radius 2 is 1.88 bits per heavy atom. The second-order valence-corrected chi connectivity index (χ2v) is 6.57. The lowest BCUT2D eigenvalue weighted by Crippen LogP contribution is -2.16. The van der Waals surface area contributed by atoms with E-state index in [0.717, 1.165) is 10.0 Å². The highest BCUT2D eigenvalue weighted by atomic mass is 79.9. The monoisotopic (exact) mass is 420 g/mol. The SMILES string of the molecule is O=C(Nc1ccc(Cl)cc1)c1cc(Br)cnc1NCc1ccncc1.[HH].[HH]. The molecule has 2 heterocycles. The average Bonchev–Trinajstić information content (AvgIpc) is 2.63. The minimum Gasteiger partial charge on any atom is -0.365 e. The van der Waals surface area contributed by atoms with E-state index in [2.05, 4.69) is 36.5 Å². The number of amides is 1. The van der Waals surface area contributed by atoms with Gasteiger partial charge in [0, 0.05) is 43.2 Å². The Bertz CT molecular complexity index is 882. The number of anilines is 2. The van der Waals surface area contributed by atoms with Crippen molar-refractivity contribution in [2.24, 2.45) is 0 Å². The first-order valence-electron chi connectivity index (χ1n) is 7.47. The summed E-state index contributed by atoms with van der Waals surface area (Å²) in [6, 6.07) is 12.5. The highest BCUT2D eigenvalue weighted by molar-refractivity contribution is 9.10. The third kappa shape index (κ3) is 4.78. The molecule has 0 atom stereocenters. The van der Waals surface area contributed by atoms with Crippen molar-refractivity contribution in [1.29, 1.82) is 0 Å². The number of carbonyl (C=O) groups is 1. The molecule has 2 aromatic heterocycles. The molecule has 0 aliphatic carbocycles. The van der Waals surface area contributed by atoms with Gasteiger partial charge < -0.3 is 10.6 Å². The number of nitrogens with zero attached hydrogens (tertiary/aromatic N) is 2. The lowest BCUT2D eigenvalue weighted by molar-refractivity contribution is 0.102. The van der Waals surface area contributed by atoms with Gasteiger partial charge in [0.05, 0.1) is 5.56 Å². The van der Waals surface area contributed by atoms with Crippen LogP contribution in [0.15, 0.2) is 65.5 Å². The summed E-state index contributed by atoms with van der Waals surface area (Å²) in [7, 11) is 0. The maximum atomic E-state index is 12.6. The van der Waals surface area contributed by atoms with Gasteiger partial charge in [0.2, 0.25) is 0 Å². The quantitative estimate of drug-likeness (QED) is 0.590. The summed E-state index contributed by atoms with van der Waals surface area (Å²) >= 11 is 9.23. The molecule has 0 aliphatic heterocycles. The molecule has 0 spiro atoms. The molecule has 0 radical (unpaired) electrons. The second kappa shape index (κ2) is 8.09. The number of halogens is 2. The number of hydrogen-bond donors (Lipinski definition) is 2. The molecule has 0 saturated heterocycles. The zero-order valence-electron chi connectivity index (χ0n) is 13.0. The maximum Gasteiger partial charge on any atom is 0.259 e.